The predicted molar refractivity (Wildman–Crippen MR) is 183 cm³/mol. The van der Waals surface area contributed by atoms with Crippen molar-refractivity contribution in [1.29, 1.82) is 0 Å². The third kappa shape index (κ3) is 7.81. The Hall–Kier alpha value is -4.96. The van der Waals surface area contributed by atoms with E-state index in [0.717, 1.165) is 33.0 Å². The molecule has 0 aliphatic rings. The van der Waals surface area contributed by atoms with Crippen LogP contribution in [0, 0.1) is 6.92 Å². The van der Waals surface area contributed by atoms with Crippen LogP contribution >= 0.6 is 11.8 Å². The van der Waals surface area contributed by atoms with Gasteiger partial charge in [0.05, 0.1) is 17.9 Å². The maximum Gasteiger partial charge on any atom is 0.320 e. The molecule has 0 radical (unpaired) electrons. The summed E-state index contributed by atoms with van der Waals surface area (Å²) >= 11 is 1.66. The number of hydrogen-bond donors (Lipinski definition) is 3. The van der Waals surface area contributed by atoms with Crippen molar-refractivity contribution in [2.75, 3.05) is 11.6 Å². The lowest BCUT2D eigenvalue weighted by molar-refractivity contribution is 0.251. The molecule has 0 saturated carbocycles. The van der Waals surface area contributed by atoms with Crippen LogP contribution in [0.15, 0.2) is 101 Å². The number of nitrogens with zero attached hydrogens (tertiary/aromatic N) is 3. The average Bonchev–Trinajstić information content (AvgIpc) is 3.46. The van der Waals surface area contributed by atoms with E-state index in [2.05, 4.69) is 16.7 Å². The van der Waals surface area contributed by atoms with E-state index in [1.54, 1.807) is 39.2 Å². The van der Waals surface area contributed by atoms with E-state index < -0.39 is 6.03 Å². The summed E-state index contributed by atoms with van der Waals surface area (Å²) < 4.78 is 9.43. The molecule has 0 bridgehead atoms. The molecule has 3 N–H and O–H groups in total. The fourth-order valence-corrected chi connectivity index (χ4v) is 5.62. The lowest BCUT2D eigenvalue weighted by Gasteiger charge is -2.15. The Labute approximate surface area is 273 Å². The molecule has 2 heterocycles. The highest BCUT2D eigenvalue weighted by atomic mass is 32.2. The molecule has 2 aromatic heterocycles. The van der Waals surface area contributed by atoms with Gasteiger partial charge in [-0.05, 0) is 54.1 Å². The minimum absolute atomic E-state index is 0.104. The van der Waals surface area contributed by atoms with Gasteiger partial charge < -0.3 is 19.7 Å². The van der Waals surface area contributed by atoms with Crippen LogP contribution in [0.2, 0.25) is 0 Å². The van der Waals surface area contributed by atoms with Crippen molar-refractivity contribution in [2.45, 2.75) is 57.7 Å². The zero-order valence-corrected chi connectivity index (χ0v) is 27.5. The number of hydrogen-bond acceptors (Lipinski definition) is 6. The molecule has 5 rings (SSSR count). The number of carbonyl (C=O) groups excluding carboxylic acids is 1. The highest BCUT2D eigenvalue weighted by Crippen LogP contribution is 2.27. The molecule has 0 fully saturated rings. The van der Waals surface area contributed by atoms with Crippen molar-refractivity contribution >= 4 is 23.6 Å². The molecule has 0 aliphatic carbocycles. The van der Waals surface area contributed by atoms with E-state index >= 15 is 0 Å². The Balaban J connectivity index is 1.25. The Bertz CT molecular complexity index is 1910. The number of aryl methyl sites for hydroxylation is 1. The number of anilines is 1. The first-order valence-electron chi connectivity index (χ1n) is 15.0. The quantitative estimate of drug-likeness (QED) is 0.142. The zero-order chi connectivity index (χ0) is 32.8. The lowest BCUT2D eigenvalue weighted by Crippen LogP contribution is -2.29. The Morgan fingerprint density at radius 1 is 0.935 bits per heavy atom. The molecule has 10 heteroatoms. The zero-order valence-electron chi connectivity index (χ0n) is 26.7. The van der Waals surface area contributed by atoms with Crippen molar-refractivity contribution in [3.63, 3.8) is 0 Å². The smallest absolute Gasteiger partial charge is 0.320 e. The Kier molecular flexibility index (Phi) is 9.87. The number of thioether (sulfide) groups is 1. The van der Waals surface area contributed by atoms with E-state index in [9.17, 15) is 14.7 Å². The first-order chi connectivity index (χ1) is 22.0. The first kappa shape index (κ1) is 32.4. The van der Waals surface area contributed by atoms with Crippen LogP contribution in [0.3, 0.4) is 0 Å². The van der Waals surface area contributed by atoms with Gasteiger partial charge in [0.1, 0.15) is 23.9 Å². The van der Waals surface area contributed by atoms with E-state index in [0.29, 0.717) is 23.8 Å². The van der Waals surface area contributed by atoms with Crippen LogP contribution in [-0.2, 0) is 25.1 Å². The third-order valence-corrected chi connectivity index (χ3v) is 8.41. The van der Waals surface area contributed by atoms with Crippen LogP contribution in [0.5, 0.6) is 11.5 Å². The maximum absolute atomic E-state index is 13.1. The van der Waals surface area contributed by atoms with Gasteiger partial charge in [-0.15, -0.1) is 11.8 Å². The fraction of sp³-hybridized carbons (Fsp3) is 0.250. The standard InChI is InChI=1S/C36H39N5O4S/c1-24-17-30(19-34(43)40(24)22-26-12-8-9-16-31(26)46-5)45-23-27-13-7-6-11-25(27)21-37-35(44)38-33-20-32(36(2,3)4)39-41(33)28-14-10-15-29(42)18-28/h6-20,42H,21-23H2,1-5H3,(H2,37,38,44). The number of pyridine rings is 1. The number of carbonyl (C=O) groups is 1. The summed E-state index contributed by atoms with van der Waals surface area (Å²) in [5.41, 5.74) is 4.71. The van der Waals surface area contributed by atoms with E-state index in [4.69, 9.17) is 9.84 Å². The molecule has 0 aliphatic heterocycles. The maximum atomic E-state index is 13.1. The largest absolute Gasteiger partial charge is 0.508 e. The van der Waals surface area contributed by atoms with Crippen molar-refractivity contribution in [1.82, 2.24) is 19.7 Å². The molecule has 0 saturated heterocycles. The SMILES string of the molecule is CSc1ccccc1Cn1c(C)cc(OCc2ccccc2CNC(=O)Nc2cc(C(C)(C)C)nn2-c2cccc(O)c2)cc1=O. The van der Waals surface area contributed by atoms with Crippen LogP contribution in [0.25, 0.3) is 5.69 Å². The molecular formula is C36H39N5O4S. The van der Waals surface area contributed by atoms with E-state index in [1.165, 1.54) is 6.07 Å². The Morgan fingerprint density at radius 2 is 1.65 bits per heavy atom. The van der Waals surface area contributed by atoms with E-state index in [-0.39, 0.29) is 29.9 Å². The average molecular weight is 638 g/mol. The molecule has 2 amide bonds. The fourth-order valence-electron chi connectivity index (χ4n) is 5.01. The number of aromatic nitrogens is 3. The molecule has 0 unspecified atom stereocenters. The lowest BCUT2D eigenvalue weighted by atomic mass is 9.92. The summed E-state index contributed by atoms with van der Waals surface area (Å²) in [5, 5.41) is 20.6. The summed E-state index contributed by atoms with van der Waals surface area (Å²) in [5.74, 6) is 1.08. The summed E-state index contributed by atoms with van der Waals surface area (Å²) in [6.45, 7) is 9.02. The highest BCUT2D eigenvalue weighted by molar-refractivity contribution is 7.98. The van der Waals surface area contributed by atoms with Gasteiger partial charge in [0, 0.05) is 40.7 Å². The van der Waals surface area contributed by atoms with Crippen LogP contribution < -0.4 is 20.9 Å². The second-order valence-corrected chi connectivity index (χ2v) is 12.9. The van der Waals surface area contributed by atoms with Gasteiger partial charge in [-0.3, -0.25) is 10.1 Å². The van der Waals surface area contributed by atoms with Gasteiger partial charge in [-0.2, -0.15) is 5.10 Å². The molecule has 46 heavy (non-hydrogen) atoms. The summed E-state index contributed by atoms with van der Waals surface area (Å²) in [7, 11) is 0. The molecule has 238 valence electrons. The minimum Gasteiger partial charge on any atom is -0.508 e. The number of nitrogens with one attached hydrogen (secondary N) is 2. The van der Waals surface area contributed by atoms with Crippen LogP contribution in [-0.4, -0.2) is 31.7 Å². The van der Waals surface area contributed by atoms with E-state index in [1.807, 2.05) is 94.6 Å². The van der Waals surface area contributed by atoms with Gasteiger partial charge >= 0.3 is 6.03 Å². The van der Waals surface area contributed by atoms with Gasteiger partial charge in [-0.1, -0.05) is 69.3 Å². The summed E-state index contributed by atoms with van der Waals surface area (Å²) in [4.78, 5) is 27.3. The first-order valence-corrected chi connectivity index (χ1v) is 16.2. The van der Waals surface area contributed by atoms with Crippen molar-refractivity contribution in [3.05, 3.63) is 129 Å². The summed E-state index contributed by atoms with van der Waals surface area (Å²) in [6, 6.07) is 27.3. The molecule has 0 atom stereocenters. The van der Waals surface area contributed by atoms with Crippen LogP contribution in [0.4, 0.5) is 10.6 Å². The second-order valence-electron chi connectivity index (χ2n) is 12.0. The number of phenolic OH excluding ortho intramolecular Hbond substituents is 1. The van der Waals surface area contributed by atoms with Crippen molar-refractivity contribution in [2.24, 2.45) is 0 Å². The third-order valence-electron chi connectivity index (χ3n) is 7.58. The molecule has 5 aromatic rings. The minimum atomic E-state index is -0.403. The number of urea groups is 1. The summed E-state index contributed by atoms with van der Waals surface area (Å²) in [6.07, 6.45) is 2.03. The molecule has 0 spiro atoms. The predicted octanol–water partition coefficient (Wildman–Crippen LogP) is 7.02. The van der Waals surface area contributed by atoms with Gasteiger partial charge in [0.25, 0.3) is 5.56 Å². The molecule has 3 aromatic carbocycles. The van der Waals surface area contributed by atoms with Gasteiger partial charge in [-0.25, -0.2) is 9.48 Å². The monoisotopic (exact) mass is 637 g/mol. The van der Waals surface area contributed by atoms with Crippen LogP contribution in [0.1, 0.15) is 48.8 Å². The molecular weight excluding hydrogens is 598 g/mol. The van der Waals surface area contributed by atoms with Crippen molar-refractivity contribution in [3.8, 4) is 17.2 Å². The van der Waals surface area contributed by atoms with Gasteiger partial charge in [0.2, 0.25) is 0 Å². The highest BCUT2D eigenvalue weighted by Gasteiger charge is 2.22. The number of aromatic hydroxyl groups is 1. The number of ether oxygens (including phenoxy) is 1. The molecule has 9 nitrogen and oxygen atoms in total. The number of rotatable bonds is 10. The normalized spacial score (nSPS) is 11.3. The Morgan fingerprint density at radius 3 is 2.35 bits per heavy atom. The number of amides is 2. The second kappa shape index (κ2) is 14.0. The number of benzene rings is 3. The number of phenols is 1. The van der Waals surface area contributed by atoms with Crippen molar-refractivity contribution < 1.29 is 14.6 Å². The van der Waals surface area contributed by atoms with Gasteiger partial charge in [0.15, 0.2) is 0 Å². The topological polar surface area (TPSA) is 110 Å².